The van der Waals surface area contributed by atoms with Crippen molar-refractivity contribution in [3.05, 3.63) is 41.2 Å². The Balaban J connectivity index is 2.25. The van der Waals surface area contributed by atoms with Crippen LogP contribution in [-0.4, -0.2) is 37.1 Å². The summed E-state index contributed by atoms with van der Waals surface area (Å²) < 4.78 is 37.9. The summed E-state index contributed by atoms with van der Waals surface area (Å²) in [5, 5.41) is 32.9. The van der Waals surface area contributed by atoms with Gasteiger partial charge in [-0.15, -0.1) is 10.2 Å². The van der Waals surface area contributed by atoms with E-state index in [1.165, 1.54) is 12.1 Å². The standard InChI is InChI=1S/C15H19F3N4O2/c1-2-3-11(14(23)24)12(13-19-21-22-20-13)8-9-4-6-10(7-5-9)15(16,17)18/h4-7,11-12,14,23-24H,2-3,8H2,1H3,(H,19,20,21,22). The number of rotatable bonds is 7. The summed E-state index contributed by atoms with van der Waals surface area (Å²) in [6.07, 6.45) is -4.47. The molecule has 3 N–H and O–H groups in total. The number of nitrogens with one attached hydrogen (secondary N) is 1. The van der Waals surface area contributed by atoms with Crippen molar-refractivity contribution in [2.75, 3.05) is 0 Å². The van der Waals surface area contributed by atoms with Gasteiger partial charge in [0.05, 0.1) is 5.56 Å². The second-order valence-corrected chi connectivity index (χ2v) is 5.64. The van der Waals surface area contributed by atoms with Crippen molar-refractivity contribution >= 4 is 0 Å². The summed E-state index contributed by atoms with van der Waals surface area (Å²) in [6, 6.07) is 4.77. The molecule has 0 saturated carbocycles. The SMILES string of the molecule is CCCC(C(O)O)C(Cc1ccc(C(F)(F)F)cc1)c1nn[nH]n1. The molecule has 0 bridgehead atoms. The third kappa shape index (κ3) is 4.51. The van der Waals surface area contributed by atoms with E-state index in [2.05, 4.69) is 20.6 Å². The molecular weight excluding hydrogens is 325 g/mol. The number of aromatic amines is 1. The largest absolute Gasteiger partial charge is 0.416 e. The molecule has 1 aromatic heterocycles. The molecule has 0 saturated heterocycles. The minimum atomic E-state index is -4.39. The first-order valence-corrected chi connectivity index (χ1v) is 7.58. The van der Waals surface area contributed by atoms with Crippen molar-refractivity contribution < 1.29 is 23.4 Å². The van der Waals surface area contributed by atoms with Gasteiger partial charge in [0.2, 0.25) is 0 Å². The fourth-order valence-electron chi connectivity index (χ4n) is 2.74. The quantitative estimate of drug-likeness (QED) is 0.670. The number of halogens is 3. The van der Waals surface area contributed by atoms with Crippen LogP contribution in [0.2, 0.25) is 0 Å². The van der Waals surface area contributed by atoms with Crippen LogP contribution >= 0.6 is 0 Å². The Morgan fingerprint density at radius 1 is 1.17 bits per heavy atom. The topological polar surface area (TPSA) is 94.9 Å². The molecule has 0 amide bonds. The maximum absolute atomic E-state index is 12.6. The monoisotopic (exact) mass is 344 g/mol. The Kier molecular flexibility index (Phi) is 5.89. The third-order valence-corrected chi connectivity index (χ3v) is 3.95. The lowest BCUT2D eigenvalue weighted by Crippen LogP contribution is -2.28. The Morgan fingerprint density at radius 2 is 1.83 bits per heavy atom. The van der Waals surface area contributed by atoms with Crippen LogP contribution in [0.4, 0.5) is 13.2 Å². The van der Waals surface area contributed by atoms with E-state index in [-0.39, 0.29) is 6.42 Å². The van der Waals surface area contributed by atoms with Crippen LogP contribution in [0.1, 0.15) is 42.6 Å². The van der Waals surface area contributed by atoms with Gasteiger partial charge in [0, 0.05) is 11.8 Å². The van der Waals surface area contributed by atoms with Gasteiger partial charge < -0.3 is 10.2 Å². The molecule has 2 aromatic rings. The smallest absolute Gasteiger partial charge is 0.368 e. The predicted molar refractivity (Wildman–Crippen MR) is 78.7 cm³/mol. The number of hydrogen-bond donors (Lipinski definition) is 3. The lowest BCUT2D eigenvalue weighted by molar-refractivity contribution is -0.137. The van der Waals surface area contributed by atoms with Crippen LogP contribution < -0.4 is 0 Å². The molecule has 9 heteroatoms. The molecule has 2 unspecified atom stereocenters. The van der Waals surface area contributed by atoms with E-state index in [0.717, 1.165) is 12.1 Å². The maximum atomic E-state index is 12.6. The molecule has 6 nitrogen and oxygen atoms in total. The zero-order valence-corrected chi connectivity index (χ0v) is 13.0. The first-order valence-electron chi connectivity index (χ1n) is 7.58. The van der Waals surface area contributed by atoms with Gasteiger partial charge in [-0.1, -0.05) is 30.7 Å². The van der Waals surface area contributed by atoms with Crippen LogP contribution in [-0.2, 0) is 12.6 Å². The molecule has 0 radical (unpaired) electrons. The van der Waals surface area contributed by atoms with Crippen molar-refractivity contribution in [2.45, 2.75) is 44.6 Å². The van der Waals surface area contributed by atoms with Crippen LogP contribution in [0.15, 0.2) is 24.3 Å². The highest BCUT2D eigenvalue weighted by atomic mass is 19.4. The molecule has 0 fully saturated rings. The molecule has 1 heterocycles. The average molecular weight is 344 g/mol. The molecular formula is C15H19F3N4O2. The van der Waals surface area contributed by atoms with Crippen LogP contribution in [0.3, 0.4) is 0 Å². The van der Waals surface area contributed by atoms with Gasteiger partial charge in [0.1, 0.15) is 0 Å². The molecule has 0 aliphatic rings. The zero-order valence-electron chi connectivity index (χ0n) is 13.0. The van der Waals surface area contributed by atoms with Gasteiger partial charge in [-0.05, 0) is 30.5 Å². The maximum Gasteiger partial charge on any atom is 0.416 e. The van der Waals surface area contributed by atoms with Crippen LogP contribution in [0.5, 0.6) is 0 Å². The van der Waals surface area contributed by atoms with Gasteiger partial charge in [0.15, 0.2) is 12.1 Å². The molecule has 2 rings (SSSR count). The number of nitrogens with zero attached hydrogens (tertiary/aromatic N) is 3. The predicted octanol–water partition coefficient (Wildman–Crippen LogP) is 2.27. The van der Waals surface area contributed by atoms with E-state index < -0.39 is 29.9 Å². The Labute approximate surface area is 136 Å². The number of aromatic nitrogens is 4. The van der Waals surface area contributed by atoms with Gasteiger partial charge in [-0.25, -0.2) is 0 Å². The number of aliphatic hydroxyl groups excluding tert-OH is 1. The first-order chi connectivity index (χ1) is 11.3. The number of aliphatic hydroxyl groups is 2. The minimum absolute atomic E-state index is 0.278. The Morgan fingerprint density at radius 3 is 2.29 bits per heavy atom. The Bertz CT molecular complexity index is 615. The van der Waals surface area contributed by atoms with Crippen molar-refractivity contribution in [2.24, 2.45) is 5.92 Å². The van der Waals surface area contributed by atoms with E-state index in [9.17, 15) is 23.4 Å². The highest BCUT2D eigenvalue weighted by molar-refractivity contribution is 5.26. The van der Waals surface area contributed by atoms with Crippen molar-refractivity contribution in [1.82, 2.24) is 20.6 Å². The normalized spacial score (nSPS) is 14.8. The van der Waals surface area contributed by atoms with Crippen molar-refractivity contribution in [3.8, 4) is 0 Å². The number of alkyl halides is 3. The van der Waals surface area contributed by atoms with Gasteiger partial charge >= 0.3 is 6.18 Å². The number of tetrazole rings is 1. The lowest BCUT2D eigenvalue weighted by Gasteiger charge is -2.26. The summed E-state index contributed by atoms with van der Waals surface area (Å²) in [5.74, 6) is -0.711. The van der Waals surface area contributed by atoms with E-state index >= 15 is 0 Å². The number of benzene rings is 1. The zero-order chi connectivity index (χ0) is 17.7. The molecule has 0 spiro atoms. The van der Waals surface area contributed by atoms with E-state index in [1.54, 1.807) is 0 Å². The third-order valence-electron chi connectivity index (χ3n) is 3.95. The second-order valence-electron chi connectivity index (χ2n) is 5.64. The highest BCUT2D eigenvalue weighted by Crippen LogP contribution is 2.33. The van der Waals surface area contributed by atoms with Crippen molar-refractivity contribution in [3.63, 3.8) is 0 Å². The summed E-state index contributed by atoms with van der Waals surface area (Å²) in [5.41, 5.74) is -0.103. The van der Waals surface area contributed by atoms with E-state index in [4.69, 9.17) is 0 Å². The summed E-state index contributed by atoms with van der Waals surface area (Å²) >= 11 is 0. The average Bonchev–Trinajstić information content (AvgIpc) is 3.04. The summed E-state index contributed by atoms with van der Waals surface area (Å²) in [7, 11) is 0. The fraction of sp³-hybridized carbons (Fsp3) is 0.533. The van der Waals surface area contributed by atoms with Crippen molar-refractivity contribution in [1.29, 1.82) is 0 Å². The summed E-state index contributed by atoms with van der Waals surface area (Å²) in [6.45, 7) is 1.90. The number of H-pyrrole nitrogens is 1. The minimum Gasteiger partial charge on any atom is -0.368 e. The van der Waals surface area contributed by atoms with E-state index in [1.807, 2.05) is 6.92 Å². The van der Waals surface area contributed by atoms with Gasteiger partial charge in [-0.2, -0.15) is 18.4 Å². The molecule has 0 aliphatic carbocycles. The molecule has 24 heavy (non-hydrogen) atoms. The fourth-order valence-corrected chi connectivity index (χ4v) is 2.74. The summed E-state index contributed by atoms with van der Waals surface area (Å²) in [4.78, 5) is 0. The highest BCUT2D eigenvalue weighted by Gasteiger charge is 2.32. The van der Waals surface area contributed by atoms with Crippen LogP contribution in [0, 0.1) is 5.92 Å². The van der Waals surface area contributed by atoms with E-state index in [0.29, 0.717) is 24.2 Å². The second kappa shape index (κ2) is 7.71. The molecule has 1 aromatic carbocycles. The first kappa shape index (κ1) is 18.3. The molecule has 132 valence electrons. The van der Waals surface area contributed by atoms with Gasteiger partial charge in [-0.3, -0.25) is 0 Å². The Hall–Kier alpha value is -2.00. The molecule has 2 atom stereocenters. The molecule has 0 aliphatic heterocycles. The van der Waals surface area contributed by atoms with Gasteiger partial charge in [0.25, 0.3) is 0 Å². The number of hydrogen-bond acceptors (Lipinski definition) is 5. The van der Waals surface area contributed by atoms with Crippen LogP contribution in [0.25, 0.3) is 0 Å². The lowest BCUT2D eigenvalue weighted by atomic mass is 9.82.